The van der Waals surface area contributed by atoms with Crippen molar-refractivity contribution in [3.8, 4) is 0 Å². The summed E-state index contributed by atoms with van der Waals surface area (Å²) in [5, 5.41) is 3.10. The van der Waals surface area contributed by atoms with E-state index < -0.39 is 0 Å². The van der Waals surface area contributed by atoms with Crippen molar-refractivity contribution in [1.82, 2.24) is 10.2 Å². The molecule has 4 nitrogen and oxygen atoms in total. The van der Waals surface area contributed by atoms with Gasteiger partial charge in [0.2, 0.25) is 5.91 Å². The van der Waals surface area contributed by atoms with Crippen LogP contribution in [0.15, 0.2) is 48.5 Å². The summed E-state index contributed by atoms with van der Waals surface area (Å²) in [6.07, 6.45) is 2.95. The van der Waals surface area contributed by atoms with Gasteiger partial charge in [-0.15, -0.1) is 0 Å². The van der Waals surface area contributed by atoms with Gasteiger partial charge >= 0.3 is 0 Å². The Kier molecular flexibility index (Phi) is 6.28. The lowest BCUT2D eigenvalue weighted by Gasteiger charge is -2.32. The van der Waals surface area contributed by atoms with Crippen LogP contribution in [0.1, 0.15) is 46.3 Å². The summed E-state index contributed by atoms with van der Waals surface area (Å²) in [5.41, 5.74) is 4.27. The maximum absolute atomic E-state index is 12.5. The molecule has 27 heavy (non-hydrogen) atoms. The summed E-state index contributed by atoms with van der Waals surface area (Å²) in [4.78, 5) is 26.7. The summed E-state index contributed by atoms with van der Waals surface area (Å²) in [5.74, 6) is 0.179. The molecule has 1 heterocycles. The lowest BCUT2D eigenvalue weighted by atomic mass is 10.0. The number of nitrogens with zero attached hydrogens (tertiary/aromatic N) is 1. The molecule has 142 valence electrons. The van der Waals surface area contributed by atoms with Gasteiger partial charge in [0.1, 0.15) is 0 Å². The molecule has 0 aliphatic carbocycles. The zero-order valence-corrected chi connectivity index (χ0v) is 16.2. The van der Waals surface area contributed by atoms with Gasteiger partial charge in [0.05, 0.1) is 0 Å². The van der Waals surface area contributed by atoms with E-state index in [0.717, 1.165) is 24.8 Å². The number of carbonyl (C=O) groups is 2. The van der Waals surface area contributed by atoms with Crippen LogP contribution in [0.25, 0.3) is 0 Å². The van der Waals surface area contributed by atoms with Crippen LogP contribution in [-0.4, -0.2) is 35.8 Å². The van der Waals surface area contributed by atoms with E-state index >= 15 is 0 Å². The zero-order valence-electron chi connectivity index (χ0n) is 16.2. The molecule has 3 rings (SSSR count). The number of nitrogens with one attached hydrogen (secondary N) is 1. The van der Waals surface area contributed by atoms with Gasteiger partial charge in [0, 0.05) is 31.1 Å². The number of benzene rings is 2. The van der Waals surface area contributed by atoms with Crippen molar-refractivity contribution in [3.05, 3.63) is 70.8 Å². The van der Waals surface area contributed by atoms with Crippen molar-refractivity contribution in [2.45, 2.75) is 45.6 Å². The van der Waals surface area contributed by atoms with E-state index in [0.29, 0.717) is 25.1 Å². The number of aryl methyl sites for hydroxylation is 3. The Hall–Kier alpha value is -2.62. The third kappa shape index (κ3) is 5.43. The molecule has 1 aliphatic heterocycles. The van der Waals surface area contributed by atoms with Gasteiger partial charge in [-0.1, -0.05) is 47.5 Å². The quantitative estimate of drug-likeness (QED) is 0.880. The number of likely N-dealkylation sites (tertiary alicyclic amines) is 1. The van der Waals surface area contributed by atoms with Gasteiger partial charge in [-0.3, -0.25) is 9.59 Å². The minimum absolute atomic E-state index is 0.0286. The van der Waals surface area contributed by atoms with E-state index in [2.05, 4.69) is 36.5 Å². The molecule has 0 radical (unpaired) electrons. The SMILES string of the molecule is Cc1ccc(CCC(=O)N2CCC(NC(=O)c3ccc(C)cc3)CC2)cc1. The van der Waals surface area contributed by atoms with Crippen molar-refractivity contribution in [1.29, 1.82) is 0 Å². The molecule has 0 aromatic heterocycles. The van der Waals surface area contributed by atoms with Gasteiger partial charge in [-0.05, 0) is 50.8 Å². The van der Waals surface area contributed by atoms with E-state index in [4.69, 9.17) is 0 Å². The van der Waals surface area contributed by atoms with Crippen molar-refractivity contribution in [2.24, 2.45) is 0 Å². The van der Waals surface area contributed by atoms with Crippen LogP contribution >= 0.6 is 0 Å². The Bertz CT molecular complexity index is 773. The van der Waals surface area contributed by atoms with Crippen molar-refractivity contribution < 1.29 is 9.59 Å². The van der Waals surface area contributed by atoms with Crippen LogP contribution in [-0.2, 0) is 11.2 Å². The van der Waals surface area contributed by atoms with Crippen LogP contribution in [0, 0.1) is 13.8 Å². The molecule has 4 heteroatoms. The Morgan fingerprint density at radius 2 is 1.48 bits per heavy atom. The van der Waals surface area contributed by atoms with Gasteiger partial charge in [0.25, 0.3) is 5.91 Å². The number of amides is 2. The monoisotopic (exact) mass is 364 g/mol. The fraction of sp³-hybridized carbons (Fsp3) is 0.391. The van der Waals surface area contributed by atoms with E-state index in [1.165, 1.54) is 11.1 Å². The second-order valence-electron chi connectivity index (χ2n) is 7.48. The fourth-order valence-corrected chi connectivity index (χ4v) is 3.41. The van der Waals surface area contributed by atoms with Gasteiger partial charge in [-0.2, -0.15) is 0 Å². The highest BCUT2D eigenvalue weighted by Crippen LogP contribution is 2.14. The van der Waals surface area contributed by atoms with Crippen LogP contribution in [0.5, 0.6) is 0 Å². The summed E-state index contributed by atoms with van der Waals surface area (Å²) >= 11 is 0. The number of hydrogen-bond donors (Lipinski definition) is 1. The van der Waals surface area contributed by atoms with E-state index in [9.17, 15) is 9.59 Å². The normalized spacial score (nSPS) is 14.8. The second kappa shape index (κ2) is 8.85. The van der Waals surface area contributed by atoms with Crippen molar-refractivity contribution in [3.63, 3.8) is 0 Å². The smallest absolute Gasteiger partial charge is 0.251 e. The first kappa shape index (κ1) is 19.2. The molecule has 2 aromatic carbocycles. The fourth-order valence-electron chi connectivity index (χ4n) is 3.41. The number of rotatable bonds is 5. The maximum atomic E-state index is 12.5. The molecular formula is C23H28N2O2. The lowest BCUT2D eigenvalue weighted by molar-refractivity contribution is -0.132. The van der Waals surface area contributed by atoms with E-state index in [1.54, 1.807) is 0 Å². The first-order valence-corrected chi connectivity index (χ1v) is 9.72. The maximum Gasteiger partial charge on any atom is 0.251 e. The highest BCUT2D eigenvalue weighted by Gasteiger charge is 2.23. The predicted molar refractivity (Wildman–Crippen MR) is 108 cm³/mol. The average Bonchev–Trinajstić information content (AvgIpc) is 2.68. The number of hydrogen-bond acceptors (Lipinski definition) is 2. The Labute approximate surface area is 161 Å². The average molecular weight is 364 g/mol. The molecular weight excluding hydrogens is 336 g/mol. The molecule has 1 saturated heterocycles. The highest BCUT2D eigenvalue weighted by molar-refractivity contribution is 5.94. The lowest BCUT2D eigenvalue weighted by Crippen LogP contribution is -2.46. The molecule has 0 atom stereocenters. The minimum Gasteiger partial charge on any atom is -0.349 e. The Balaban J connectivity index is 1.42. The summed E-state index contributed by atoms with van der Waals surface area (Å²) in [7, 11) is 0. The minimum atomic E-state index is -0.0286. The van der Waals surface area contributed by atoms with Crippen LogP contribution in [0.2, 0.25) is 0 Å². The van der Waals surface area contributed by atoms with E-state index in [1.807, 2.05) is 36.1 Å². The predicted octanol–water partition coefficient (Wildman–Crippen LogP) is 3.66. The molecule has 0 unspecified atom stereocenters. The van der Waals surface area contributed by atoms with Crippen LogP contribution in [0.4, 0.5) is 0 Å². The largest absolute Gasteiger partial charge is 0.349 e. The highest BCUT2D eigenvalue weighted by atomic mass is 16.2. The van der Waals surface area contributed by atoms with Crippen LogP contribution < -0.4 is 5.32 Å². The summed E-state index contributed by atoms with van der Waals surface area (Å²) < 4.78 is 0. The van der Waals surface area contributed by atoms with Gasteiger partial charge in [-0.25, -0.2) is 0 Å². The van der Waals surface area contributed by atoms with E-state index in [-0.39, 0.29) is 17.9 Å². The van der Waals surface area contributed by atoms with Gasteiger partial charge < -0.3 is 10.2 Å². The Morgan fingerprint density at radius 1 is 0.926 bits per heavy atom. The summed E-state index contributed by atoms with van der Waals surface area (Å²) in [6, 6.07) is 16.1. The molecule has 2 amide bonds. The molecule has 0 bridgehead atoms. The molecule has 1 aliphatic rings. The first-order chi connectivity index (χ1) is 13.0. The third-order valence-corrected chi connectivity index (χ3v) is 5.24. The molecule has 1 N–H and O–H groups in total. The summed E-state index contributed by atoms with van der Waals surface area (Å²) in [6.45, 7) is 5.50. The molecule has 1 fully saturated rings. The number of carbonyl (C=O) groups excluding carboxylic acids is 2. The first-order valence-electron chi connectivity index (χ1n) is 9.72. The topological polar surface area (TPSA) is 49.4 Å². The third-order valence-electron chi connectivity index (χ3n) is 5.24. The van der Waals surface area contributed by atoms with Gasteiger partial charge in [0.15, 0.2) is 0 Å². The van der Waals surface area contributed by atoms with Crippen molar-refractivity contribution in [2.75, 3.05) is 13.1 Å². The van der Waals surface area contributed by atoms with Crippen molar-refractivity contribution >= 4 is 11.8 Å². The van der Waals surface area contributed by atoms with Crippen LogP contribution in [0.3, 0.4) is 0 Å². The Morgan fingerprint density at radius 3 is 2.07 bits per heavy atom. The molecule has 0 spiro atoms. The molecule has 0 saturated carbocycles. The standard InChI is InChI=1S/C23H28N2O2/c1-17-3-7-19(8-4-17)9-12-22(26)25-15-13-21(14-16-25)24-23(27)20-10-5-18(2)6-11-20/h3-8,10-11,21H,9,12-16H2,1-2H3,(H,24,27). The molecule has 2 aromatic rings. The zero-order chi connectivity index (χ0) is 19.2. The second-order valence-corrected chi connectivity index (χ2v) is 7.48. The number of piperidine rings is 1.